The fraction of sp³-hybridized carbons (Fsp3) is 0.323. The highest BCUT2D eigenvalue weighted by molar-refractivity contribution is 5.79. The van der Waals surface area contributed by atoms with Crippen LogP contribution in [0.3, 0.4) is 0 Å². The molecule has 4 rings (SSSR count). The van der Waals surface area contributed by atoms with E-state index in [2.05, 4.69) is 0 Å². The van der Waals surface area contributed by atoms with Gasteiger partial charge in [-0.2, -0.15) is 0 Å². The largest absolute Gasteiger partial charge is 0.494 e. The monoisotopic (exact) mass is 528 g/mol. The second kappa shape index (κ2) is 13.1. The quantitative estimate of drug-likeness (QED) is 0.265. The Kier molecular flexibility index (Phi) is 9.33. The molecular formula is C31H36N4O4. The summed E-state index contributed by atoms with van der Waals surface area (Å²) in [5.41, 5.74) is 1.08. The fourth-order valence-electron chi connectivity index (χ4n) is 4.53. The number of carbonyl (C=O) groups excluding carboxylic acids is 1. The molecule has 0 saturated carbocycles. The molecule has 204 valence electrons. The number of aromatic nitrogens is 2. The van der Waals surface area contributed by atoms with E-state index in [4.69, 9.17) is 14.5 Å². The van der Waals surface area contributed by atoms with Gasteiger partial charge in [0.05, 0.1) is 29.2 Å². The predicted molar refractivity (Wildman–Crippen MR) is 154 cm³/mol. The first-order chi connectivity index (χ1) is 18.9. The highest BCUT2D eigenvalue weighted by Crippen LogP contribution is 2.27. The average molecular weight is 529 g/mol. The number of benzene rings is 3. The maximum atomic E-state index is 13.9. The molecule has 8 heteroatoms. The lowest BCUT2D eigenvalue weighted by Crippen LogP contribution is -2.43. The van der Waals surface area contributed by atoms with Gasteiger partial charge >= 0.3 is 0 Å². The number of hydrogen-bond donors (Lipinski definition) is 0. The van der Waals surface area contributed by atoms with Crippen molar-refractivity contribution in [3.8, 4) is 17.2 Å². The Morgan fingerprint density at radius 3 is 2.21 bits per heavy atom. The predicted octanol–water partition coefficient (Wildman–Crippen LogP) is 4.70. The van der Waals surface area contributed by atoms with Gasteiger partial charge in [0.2, 0.25) is 0 Å². The van der Waals surface area contributed by atoms with Gasteiger partial charge < -0.3 is 19.3 Å². The number of carbonyl (C=O) groups is 1. The van der Waals surface area contributed by atoms with Crippen LogP contribution < -0.4 is 15.0 Å². The van der Waals surface area contributed by atoms with Crippen molar-refractivity contribution in [3.63, 3.8) is 0 Å². The van der Waals surface area contributed by atoms with Crippen LogP contribution >= 0.6 is 0 Å². The van der Waals surface area contributed by atoms with E-state index in [1.165, 1.54) is 0 Å². The number of amides is 1. The third kappa shape index (κ3) is 6.64. The Bertz CT molecular complexity index is 1430. The van der Waals surface area contributed by atoms with Crippen LogP contribution in [0, 0.1) is 0 Å². The minimum atomic E-state index is -0.458. The van der Waals surface area contributed by atoms with Gasteiger partial charge in [0.1, 0.15) is 17.3 Å². The summed E-state index contributed by atoms with van der Waals surface area (Å²) in [5, 5.41) is 0.517. The Morgan fingerprint density at radius 1 is 0.872 bits per heavy atom. The zero-order valence-electron chi connectivity index (χ0n) is 23.0. The van der Waals surface area contributed by atoms with Crippen LogP contribution in [0.2, 0.25) is 0 Å². The first-order valence-electron chi connectivity index (χ1n) is 13.3. The van der Waals surface area contributed by atoms with Crippen LogP contribution in [0.4, 0.5) is 0 Å². The molecule has 0 bridgehead atoms. The first-order valence-corrected chi connectivity index (χ1v) is 13.3. The van der Waals surface area contributed by atoms with Crippen LogP contribution in [-0.2, 0) is 4.79 Å². The molecule has 4 aromatic rings. The summed E-state index contributed by atoms with van der Waals surface area (Å²) in [6.07, 6.45) is 0.562. The van der Waals surface area contributed by atoms with Crippen molar-refractivity contribution in [1.29, 1.82) is 0 Å². The molecule has 1 unspecified atom stereocenters. The van der Waals surface area contributed by atoms with Crippen molar-refractivity contribution < 1.29 is 14.3 Å². The molecule has 0 aliphatic carbocycles. The van der Waals surface area contributed by atoms with E-state index in [9.17, 15) is 9.59 Å². The Balaban J connectivity index is 1.80. The number of para-hydroxylation sites is 2. The van der Waals surface area contributed by atoms with Gasteiger partial charge in [-0.3, -0.25) is 14.2 Å². The van der Waals surface area contributed by atoms with Gasteiger partial charge in [-0.1, -0.05) is 37.3 Å². The molecule has 39 heavy (non-hydrogen) atoms. The van der Waals surface area contributed by atoms with Gasteiger partial charge in [-0.05, 0) is 76.0 Å². The van der Waals surface area contributed by atoms with Gasteiger partial charge in [0.15, 0.2) is 6.61 Å². The van der Waals surface area contributed by atoms with E-state index in [0.717, 1.165) is 5.75 Å². The molecular weight excluding hydrogens is 492 g/mol. The maximum absolute atomic E-state index is 13.9. The van der Waals surface area contributed by atoms with Gasteiger partial charge in [-0.15, -0.1) is 0 Å². The summed E-state index contributed by atoms with van der Waals surface area (Å²) in [7, 11) is 3.93. The normalized spacial score (nSPS) is 11.9. The van der Waals surface area contributed by atoms with Crippen LogP contribution in [0.5, 0.6) is 11.5 Å². The lowest BCUT2D eigenvalue weighted by Gasteiger charge is -2.33. The number of likely N-dealkylation sites (N-methyl/N-ethyl adjacent to an activating group) is 1. The second-order valence-electron chi connectivity index (χ2n) is 9.47. The van der Waals surface area contributed by atoms with Gasteiger partial charge in [-0.25, -0.2) is 4.98 Å². The number of rotatable bonds is 12. The topological polar surface area (TPSA) is 76.9 Å². The van der Waals surface area contributed by atoms with E-state index in [-0.39, 0.29) is 18.1 Å². The summed E-state index contributed by atoms with van der Waals surface area (Å²) in [6.45, 7) is 5.46. The Labute approximate surface area is 229 Å². The molecule has 0 aliphatic rings. The first kappa shape index (κ1) is 27.9. The molecule has 0 aliphatic heterocycles. The third-order valence-electron chi connectivity index (χ3n) is 6.48. The summed E-state index contributed by atoms with van der Waals surface area (Å²) < 4.78 is 13.1. The SMILES string of the molecule is CCOc1ccc(-n2c(C(CC)N(CCN(C)C)C(=O)COc3ccccc3)nc3ccccc3c2=O)cc1. The molecule has 0 N–H and O–H groups in total. The second-order valence-corrected chi connectivity index (χ2v) is 9.47. The van der Waals surface area contributed by atoms with Crippen LogP contribution in [0.1, 0.15) is 32.1 Å². The summed E-state index contributed by atoms with van der Waals surface area (Å²) in [6, 6.07) is 23.5. The lowest BCUT2D eigenvalue weighted by atomic mass is 10.1. The van der Waals surface area contributed by atoms with E-state index in [1.54, 1.807) is 15.5 Å². The van der Waals surface area contributed by atoms with Crippen molar-refractivity contribution in [2.45, 2.75) is 26.3 Å². The summed E-state index contributed by atoms with van der Waals surface area (Å²) >= 11 is 0. The van der Waals surface area contributed by atoms with Crippen molar-refractivity contribution in [2.24, 2.45) is 0 Å². The Hall–Kier alpha value is -4.17. The minimum absolute atomic E-state index is 0.116. The maximum Gasteiger partial charge on any atom is 0.266 e. The standard InChI is InChI=1S/C31H36N4O4/c1-5-28(34(21-20-33(3)4)29(36)22-39-24-12-8-7-9-13-24)30-32-27-15-11-10-14-26(27)31(37)35(30)23-16-18-25(19-17-23)38-6-2/h7-19,28H,5-6,20-22H2,1-4H3. The molecule has 0 fully saturated rings. The average Bonchev–Trinajstić information content (AvgIpc) is 2.95. The molecule has 0 radical (unpaired) electrons. The highest BCUT2D eigenvalue weighted by atomic mass is 16.5. The molecule has 0 saturated heterocycles. The molecule has 1 amide bonds. The molecule has 1 aromatic heterocycles. The van der Waals surface area contributed by atoms with E-state index >= 15 is 0 Å². The summed E-state index contributed by atoms with van der Waals surface area (Å²) in [4.78, 5) is 36.4. The molecule has 8 nitrogen and oxygen atoms in total. The molecule has 3 aromatic carbocycles. The highest BCUT2D eigenvalue weighted by Gasteiger charge is 2.29. The number of hydrogen-bond acceptors (Lipinski definition) is 6. The zero-order valence-corrected chi connectivity index (χ0v) is 23.0. The molecule has 0 spiro atoms. The van der Waals surface area contributed by atoms with Crippen molar-refractivity contribution in [3.05, 3.63) is 95.0 Å². The Morgan fingerprint density at radius 2 is 1.54 bits per heavy atom. The number of fused-ring (bicyclic) bond motifs is 1. The van der Waals surface area contributed by atoms with Crippen molar-refractivity contribution >= 4 is 16.8 Å². The summed E-state index contributed by atoms with van der Waals surface area (Å²) in [5.74, 6) is 1.68. The van der Waals surface area contributed by atoms with Crippen LogP contribution in [0.15, 0.2) is 83.7 Å². The molecule has 1 atom stereocenters. The van der Waals surface area contributed by atoms with Gasteiger partial charge in [0, 0.05) is 13.1 Å². The third-order valence-corrected chi connectivity index (χ3v) is 6.48. The molecule has 1 heterocycles. The van der Waals surface area contributed by atoms with Gasteiger partial charge in [0.25, 0.3) is 11.5 Å². The van der Waals surface area contributed by atoms with Crippen LogP contribution in [-0.4, -0.2) is 65.7 Å². The minimum Gasteiger partial charge on any atom is -0.494 e. The van der Waals surface area contributed by atoms with E-state index in [0.29, 0.717) is 54.3 Å². The number of nitrogens with zero attached hydrogens (tertiary/aromatic N) is 4. The zero-order chi connectivity index (χ0) is 27.8. The lowest BCUT2D eigenvalue weighted by molar-refractivity contribution is -0.136. The number of ether oxygens (including phenoxy) is 2. The van der Waals surface area contributed by atoms with E-state index < -0.39 is 6.04 Å². The van der Waals surface area contributed by atoms with E-state index in [1.807, 2.05) is 106 Å². The van der Waals surface area contributed by atoms with Crippen LogP contribution in [0.25, 0.3) is 16.6 Å². The van der Waals surface area contributed by atoms with Crippen molar-refractivity contribution in [2.75, 3.05) is 40.4 Å². The smallest absolute Gasteiger partial charge is 0.266 e. The fourth-order valence-corrected chi connectivity index (χ4v) is 4.53. The van der Waals surface area contributed by atoms with Crippen molar-refractivity contribution in [1.82, 2.24) is 19.4 Å².